The number of aryl methyl sites for hydroxylation is 1. The van der Waals surface area contributed by atoms with Crippen molar-refractivity contribution < 1.29 is 4.39 Å². The van der Waals surface area contributed by atoms with Gasteiger partial charge in [0.05, 0.1) is 5.69 Å². The van der Waals surface area contributed by atoms with Crippen LogP contribution in [0.5, 0.6) is 0 Å². The molecular weight excluding hydrogens is 324 g/mol. The predicted octanol–water partition coefficient (Wildman–Crippen LogP) is 4.68. The fourth-order valence-corrected chi connectivity index (χ4v) is 2.15. The molecule has 0 spiro atoms. The Hall–Kier alpha value is -1.91. The standard InChI is InChI=1S/C16H14FN3.2ClH/c1-2-14-15(12-4-3-9-18-10-12)20-16(19-14)11-5-7-13(17)8-6-11;;/h3-10H,2H2,1H3,(H,19,20);2*1H. The molecule has 0 radical (unpaired) electrons. The molecule has 1 N–H and O–H groups in total. The monoisotopic (exact) mass is 339 g/mol. The highest BCUT2D eigenvalue weighted by Crippen LogP contribution is 2.25. The average Bonchev–Trinajstić information content (AvgIpc) is 2.93. The minimum atomic E-state index is -0.247. The molecule has 3 rings (SSSR count). The molecule has 0 fully saturated rings. The molecule has 0 amide bonds. The molecule has 116 valence electrons. The maximum atomic E-state index is 13.0. The zero-order valence-electron chi connectivity index (χ0n) is 11.9. The highest BCUT2D eigenvalue weighted by Gasteiger charge is 2.12. The van der Waals surface area contributed by atoms with E-state index in [4.69, 9.17) is 0 Å². The van der Waals surface area contributed by atoms with Gasteiger partial charge in [-0.2, -0.15) is 0 Å². The maximum absolute atomic E-state index is 13.0. The van der Waals surface area contributed by atoms with Crippen LogP contribution in [0, 0.1) is 5.82 Å². The number of hydrogen-bond donors (Lipinski definition) is 1. The third kappa shape index (κ3) is 3.64. The lowest BCUT2D eigenvalue weighted by Crippen LogP contribution is -1.86. The summed E-state index contributed by atoms with van der Waals surface area (Å²) in [5.74, 6) is 0.504. The Morgan fingerprint density at radius 2 is 1.77 bits per heavy atom. The van der Waals surface area contributed by atoms with Crippen LogP contribution >= 0.6 is 24.8 Å². The summed E-state index contributed by atoms with van der Waals surface area (Å²) >= 11 is 0. The van der Waals surface area contributed by atoms with Gasteiger partial charge in [0.1, 0.15) is 11.6 Å². The second-order valence-corrected chi connectivity index (χ2v) is 4.51. The molecule has 0 unspecified atom stereocenters. The number of imidazole rings is 1. The molecule has 22 heavy (non-hydrogen) atoms. The van der Waals surface area contributed by atoms with Crippen molar-refractivity contribution in [2.75, 3.05) is 0 Å². The number of nitrogens with one attached hydrogen (secondary N) is 1. The number of aromatic nitrogens is 3. The molecular formula is C16H16Cl2FN3. The summed E-state index contributed by atoms with van der Waals surface area (Å²) in [6, 6.07) is 10.2. The summed E-state index contributed by atoms with van der Waals surface area (Å²) < 4.78 is 13.0. The van der Waals surface area contributed by atoms with Crippen LogP contribution in [0.3, 0.4) is 0 Å². The van der Waals surface area contributed by atoms with Crippen molar-refractivity contribution in [2.24, 2.45) is 0 Å². The highest BCUT2D eigenvalue weighted by molar-refractivity contribution is 5.85. The van der Waals surface area contributed by atoms with E-state index in [-0.39, 0.29) is 30.6 Å². The van der Waals surface area contributed by atoms with E-state index in [1.807, 2.05) is 12.1 Å². The largest absolute Gasteiger partial charge is 0.341 e. The van der Waals surface area contributed by atoms with Crippen LogP contribution in [0.15, 0.2) is 48.8 Å². The average molecular weight is 340 g/mol. The molecule has 2 heterocycles. The lowest BCUT2D eigenvalue weighted by atomic mass is 10.1. The fraction of sp³-hybridized carbons (Fsp3) is 0.125. The quantitative estimate of drug-likeness (QED) is 0.752. The number of aromatic amines is 1. The van der Waals surface area contributed by atoms with Crippen LogP contribution in [-0.2, 0) is 6.42 Å². The van der Waals surface area contributed by atoms with Gasteiger partial charge in [-0.1, -0.05) is 6.92 Å². The van der Waals surface area contributed by atoms with Gasteiger partial charge in [-0.05, 0) is 42.8 Å². The molecule has 1 aromatic carbocycles. The van der Waals surface area contributed by atoms with Crippen LogP contribution in [-0.4, -0.2) is 15.0 Å². The van der Waals surface area contributed by atoms with Gasteiger partial charge < -0.3 is 4.98 Å². The molecule has 0 atom stereocenters. The summed E-state index contributed by atoms with van der Waals surface area (Å²) in [6.07, 6.45) is 4.38. The van der Waals surface area contributed by atoms with Crippen LogP contribution in [0.2, 0.25) is 0 Å². The number of rotatable bonds is 3. The number of nitrogens with zero attached hydrogens (tertiary/aromatic N) is 2. The van der Waals surface area contributed by atoms with E-state index < -0.39 is 0 Å². The number of H-pyrrole nitrogens is 1. The van der Waals surface area contributed by atoms with Gasteiger partial charge in [-0.15, -0.1) is 24.8 Å². The summed E-state index contributed by atoms with van der Waals surface area (Å²) in [5.41, 5.74) is 3.81. The van der Waals surface area contributed by atoms with Crippen LogP contribution in [0.25, 0.3) is 22.6 Å². The van der Waals surface area contributed by atoms with Gasteiger partial charge in [0, 0.05) is 29.2 Å². The Kier molecular flexibility index (Phi) is 6.53. The van der Waals surface area contributed by atoms with Crippen LogP contribution in [0.1, 0.15) is 12.6 Å². The molecule has 0 aliphatic rings. The first-order chi connectivity index (χ1) is 9.78. The first-order valence-corrected chi connectivity index (χ1v) is 6.53. The molecule has 0 aliphatic heterocycles. The number of benzene rings is 1. The number of halogens is 3. The molecule has 2 aromatic heterocycles. The normalized spacial score (nSPS) is 9.73. The van der Waals surface area contributed by atoms with Crippen molar-refractivity contribution >= 4 is 24.8 Å². The van der Waals surface area contributed by atoms with Gasteiger partial charge in [-0.3, -0.25) is 4.98 Å². The maximum Gasteiger partial charge on any atom is 0.138 e. The Morgan fingerprint density at radius 3 is 2.36 bits per heavy atom. The molecule has 0 saturated heterocycles. The van der Waals surface area contributed by atoms with Gasteiger partial charge in [-0.25, -0.2) is 9.37 Å². The molecule has 0 saturated carbocycles. The first kappa shape index (κ1) is 18.1. The zero-order valence-corrected chi connectivity index (χ0v) is 13.5. The van der Waals surface area contributed by atoms with Gasteiger partial charge in [0.15, 0.2) is 0 Å². The van der Waals surface area contributed by atoms with E-state index in [1.165, 1.54) is 12.1 Å². The van der Waals surface area contributed by atoms with Crippen molar-refractivity contribution in [1.82, 2.24) is 15.0 Å². The SMILES string of the molecule is CCc1[nH]c(-c2ccc(F)cc2)nc1-c1cccnc1.Cl.Cl. The third-order valence-electron chi connectivity index (χ3n) is 3.18. The highest BCUT2D eigenvalue weighted by atomic mass is 35.5. The lowest BCUT2D eigenvalue weighted by molar-refractivity contribution is 0.628. The number of pyridine rings is 1. The van der Waals surface area contributed by atoms with Crippen molar-refractivity contribution in [3.63, 3.8) is 0 Å². The van der Waals surface area contributed by atoms with E-state index in [0.29, 0.717) is 0 Å². The third-order valence-corrected chi connectivity index (χ3v) is 3.18. The zero-order chi connectivity index (χ0) is 13.9. The van der Waals surface area contributed by atoms with Crippen LogP contribution in [0.4, 0.5) is 4.39 Å². The minimum absolute atomic E-state index is 0. The second kappa shape index (κ2) is 7.92. The van der Waals surface area contributed by atoms with Crippen molar-refractivity contribution in [3.8, 4) is 22.6 Å². The summed E-state index contributed by atoms with van der Waals surface area (Å²) in [7, 11) is 0. The Balaban J connectivity index is 0.00000121. The van der Waals surface area contributed by atoms with E-state index >= 15 is 0 Å². The van der Waals surface area contributed by atoms with Gasteiger partial charge in [0.25, 0.3) is 0 Å². The van der Waals surface area contributed by atoms with Crippen molar-refractivity contribution in [2.45, 2.75) is 13.3 Å². The fourth-order valence-electron chi connectivity index (χ4n) is 2.15. The molecule has 6 heteroatoms. The topological polar surface area (TPSA) is 41.6 Å². The van der Waals surface area contributed by atoms with Gasteiger partial charge >= 0.3 is 0 Å². The van der Waals surface area contributed by atoms with Crippen molar-refractivity contribution in [3.05, 3.63) is 60.3 Å². The first-order valence-electron chi connectivity index (χ1n) is 6.53. The van der Waals surface area contributed by atoms with Crippen LogP contribution < -0.4 is 0 Å². The molecule has 0 bridgehead atoms. The summed E-state index contributed by atoms with van der Waals surface area (Å²) in [5, 5.41) is 0. The minimum Gasteiger partial charge on any atom is -0.341 e. The molecule has 3 nitrogen and oxygen atoms in total. The Morgan fingerprint density at radius 1 is 1.05 bits per heavy atom. The predicted molar refractivity (Wildman–Crippen MR) is 91.1 cm³/mol. The lowest BCUT2D eigenvalue weighted by Gasteiger charge is -1.98. The second-order valence-electron chi connectivity index (χ2n) is 4.51. The van der Waals surface area contributed by atoms with E-state index in [9.17, 15) is 4.39 Å². The number of hydrogen-bond acceptors (Lipinski definition) is 2. The van der Waals surface area contributed by atoms with Gasteiger partial charge in [0.2, 0.25) is 0 Å². The summed E-state index contributed by atoms with van der Waals surface area (Å²) in [4.78, 5) is 12.1. The Labute approximate surface area is 140 Å². The van der Waals surface area contributed by atoms with E-state index in [1.54, 1.807) is 24.5 Å². The molecule has 3 aromatic rings. The van der Waals surface area contributed by atoms with E-state index in [2.05, 4.69) is 21.9 Å². The van der Waals surface area contributed by atoms with E-state index in [0.717, 1.165) is 34.8 Å². The Bertz CT molecular complexity index is 712. The molecule has 0 aliphatic carbocycles. The summed E-state index contributed by atoms with van der Waals surface area (Å²) in [6.45, 7) is 2.07. The smallest absolute Gasteiger partial charge is 0.138 e. The van der Waals surface area contributed by atoms with Crippen molar-refractivity contribution in [1.29, 1.82) is 0 Å².